The van der Waals surface area contributed by atoms with E-state index in [1.165, 1.54) is 6.07 Å². The Labute approximate surface area is 128 Å². The lowest BCUT2D eigenvalue weighted by atomic mass is 10.1. The zero-order valence-corrected chi connectivity index (χ0v) is 12.7. The Morgan fingerprint density at radius 2 is 2.05 bits per heavy atom. The van der Waals surface area contributed by atoms with Crippen molar-refractivity contribution >= 4 is 39.3 Å². The summed E-state index contributed by atoms with van der Waals surface area (Å²) in [6.45, 7) is 1.47. The van der Waals surface area contributed by atoms with Gasteiger partial charge in [0.05, 0.1) is 6.61 Å². The predicted octanol–water partition coefficient (Wildman–Crippen LogP) is 1.59. The zero-order valence-electron chi connectivity index (χ0n) is 11.1. The topological polar surface area (TPSA) is 92.7 Å². The molecule has 21 heavy (non-hydrogen) atoms. The van der Waals surface area contributed by atoms with Crippen molar-refractivity contribution in [1.82, 2.24) is 5.32 Å². The molecule has 0 radical (unpaired) electrons. The Hall–Kier alpha value is -2.15. The number of aliphatic hydroxyl groups is 1. The lowest BCUT2D eigenvalue weighted by molar-refractivity contribution is -0.143. The van der Waals surface area contributed by atoms with E-state index in [1.54, 1.807) is 19.1 Å². The minimum Gasteiger partial charge on any atom is -0.506 e. The second-order valence-electron chi connectivity index (χ2n) is 4.23. The van der Waals surface area contributed by atoms with Crippen LogP contribution in [-0.4, -0.2) is 35.9 Å². The SMILES string of the molecule is CCOC(=O)CNC(=O)C1=C(O)c2cc(Br)ccc2C1=O. The van der Waals surface area contributed by atoms with E-state index in [-0.39, 0.29) is 29.9 Å². The number of amides is 1. The Morgan fingerprint density at radius 1 is 1.33 bits per heavy atom. The van der Waals surface area contributed by atoms with Gasteiger partial charge in [0.1, 0.15) is 17.9 Å². The average molecular weight is 354 g/mol. The summed E-state index contributed by atoms with van der Waals surface area (Å²) in [6.07, 6.45) is 0. The summed E-state index contributed by atoms with van der Waals surface area (Å²) in [5.74, 6) is -2.39. The number of nitrogens with one attached hydrogen (secondary N) is 1. The van der Waals surface area contributed by atoms with Crippen LogP contribution in [0.4, 0.5) is 0 Å². The third-order valence-electron chi connectivity index (χ3n) is 2.87. The van der Waals surface area contributed by atoms with Gasteiger partial charge in [-0.15, -0.1) is 0 Å². The summed E-state index contributed by atoms with van der Waals surface area (Å²) in [5, 5.41) is 12.3. The van der Waals surface area contributed by atoms with E-state index in [0.29, 0.717) is 4.47 Å². The monoisotopic (exact) mass is 353 g/mol. The highest BCUT2D eigenvalue weighted by Gasteiger charge is 2.34. The van der Waals surface area contributed by atoms with Crippen LogP contribution in [-0.2, 0) is 14.3 Å². The third-order valence-corrected chi connectivity index (χ3v) is 3.36. The maximum atomic E-state index is 12.1. The van der Waals surface area contributed by atoms with Crippen molar-refractivity contribution in [3.8, 4) is 0 Å². The maximum absolute atomic E-state index is 12.1. The van der Waals surface area contributed by atoms with Gasteiger partial charge in [0.2, 0.25) is 5.78 Å². The van der Waals surface area contributed by atoms with Crippen molar-refractivity contribution < 1.29 is 24.2 Å². The second kappa shape index (κ2) is 6.09. The van der Waals surface area contributed by atoms with Crippen molar-refractivity contribution in [3.05, 3.63) is 39.4 Å². The number of fused-ring (bicyclic) bond motifs is 1. The van der Waals surface area contributed by atoms with Gasteiger partial charge in [-0.1, -0.05) is 15.9 Å². The molecule has 6 nitrogen and oxygen atoms in total. The Bertz CT molecular complexity index is 665. The first-order valence-electron chi connectivity index (χ1n) is 6.17. The van der Waals surface area contributed by atoms with Crippen molar-refractivity contribution in [3.63, 3.8) is 0 Å². The fourth-order valence-corrected chi connectivity index (χ4v) is 2.31. The Kier molecular flexibility index (Phi) is 4.42. The van der Waals surface area contributed by atoms with Crippen LogP contribution in [0.1, 0.15) is 22.8 Å². The average Bonchev–Trinajstić information content (AvgIpc) is 2.68. The molecule has 0 heterocycles. The van der Waals surface area contributed by atoms with Crippen LogP contribution in [0.15, 0.2) is 28.2 Å². The minimum absolute atomic E-state index is 0.195. The van der Waals surface area contributed by atoms with Gasteiger partial charge in [-0.2, -0.15) is 0 Å². The molecular weight excluding hydrogens is 342 g/mol. The molecule has 1 aromatic rings. The third kappa shape index (κ3) is 2.97. The fourth-order valence-electron chi connectivity index (χ4n) is 1.95. The molecule has 1 aromatic carbocycles. The van der Waals surface area contributed by atoms with Gasteiger partial charge in [-0.3, -0.25) is 14.4 Å². The van der Waals surface area contributed by atoms with Gasteiger partial charge in [-0.05, 0) is 25.1 Å². The number of hydrogen-bond acceptors (Lipinski definition) is 5. The highest BCUT2D eigenvalue weighted by molar-refractivity contribution is 9.10. The number of benzene rings is 1. The summed E-state index contributed by atoms with van der Waals surface area (Å²) >= 11 is 3.23. The van der Waals surface area contributed by atoms with Crippen LogP contribution in [0.3, 0.4) is 0 Å². The minimum atomic E-state index is -0.808. The molecule has 0 bridgehead atoms. The summed E-state index contributed by atoms with van der Waals surface area (Å²) < 4.78 is 5.34. The van der Waals surface area contributed by atoms with E-state index in [2.05, 4.69) is 26.0 Å². The number of esters is 1. The normalized spacial score (nSPS) is 13.1. The van der Waals surface area contributed by atoms with Gasteiger partial charge in [-0.25, -0.2) is 0 Å². The van der Waals surface area contributed by atoms with Gasteiger partial charge < -0.3 is 15.2 Å². The van der Waals surface area contributed by atoms with Crippen LogP contribution in [0.25, 0.3) is 5.76 Å². The van der Waals surface area contributed by atoms with Crippen LogP contribution in [0, 0.1) is 0 Å². The molecule has 0 saturated heterocycles. The number of carbonyl (C=O) groups excluding carboxylic acids is 3. The molecule has 7 heteroatoms. The van der Waals surface area contributed by atoms with E-state index in [4.69, 9.17) is 0 Å². The van der Waals surface area contributed by atoms with Crippen LogP contribution >= 0.6 is 15.9 Å². The highest BCUT2D eigenvalue weighted by atomic mass is 79.9. The van der Waals surface area contributed by atoms with Crippen molar-refractivity contribution in [2.24, 2.45) is 0 Å². The first-order valence-corrected chi connectivity index (χ1v) is 6.96. The van der Waals surface area contributed by atoms with E-state index < -0.39 is 23.4 Å². The molecule has 0 aromatic heterocycles. The number of hydrogen-bond donors (Lipinski definition) is 2. The van der Waals surface area contributed by atoms with Crippen molar-refractivity contribution in [1.29, 1.82) is 0 Å². The lowest BCUT2D eigenvalue weighted by Gasteiger charge is -2.05. The highest BCUT2D eigenvalue weighted by Crippen LogP contribution is 2.32. The summed E-state index contributed by atoms with van der Waals surface area (Å²) in [4.78, 5) is 35.3. The summed E-state index contributed by atoms with van der Waals surface area (Å²) in [5.41, 5.74) is 0.167. The molecule has 0 spiro atoms. The number of aliphatic hydroxyl groups excluding tert-OH is 1. The summed E-state index contributed by atoms with van der Waals surface area (Å²) in [6, 6.07) is 4.71. The first kappa shape index (κ1) is 15.2. The molecule has 2 N–H and O–H groups in total. The van der Waals surface area contributed by atoms with E-state index in [1.807, 2.05) is 0 Å². The van der Waals surface area contributed by atoms with Crippen LogP contribution in [0.5, 0.6) is 0 Å². The van der Waals surface area contributed by atoms with Gasteiger partial charge >= 0.3 is 5.97 Å². The molecule has 110 valence electrons. The number of rotatable bonds is 4. The first-order chi connectivity index (χ1) is 9.95. The van der Waals surface area contributed by atoms with Gasteiger partial charge in [0, 0.05) is 15.6 Å². The number of ether oxygens (including phenoxy) is 1. The quantitative estimate of drug-likeness (QED) is 0.633. The summed E-state index contributed by atoms with van der Waals surface area (Å²) in [7, 11) is 0. The molecule has 0 saturated carbocycles. The van der Waals surface area contributed by atoms with Crippen molar-refractivity contribution in [2.75, 3.05) is 13.2 Å². The molecule has 1 amide bonds. The molecular formula is C14H12BrNO5. The van der Waals surface area contributed by atoms with Gasteiger partial charge in [0.25, 0.3) is 5.91 Å². The fraction of sp³-hybridized carbons (Fsp3) is 0.214. The largest absolute Gasteiger partial charge is 0.506 e. The van der Waals surface area contributed by atoms with E-state index in [0.717, 1.165) is 0 Å². The van der Waals surface area contributed by atoms with Crippen LogP contribution < -0.4 is 5.32 Å². The Balaban J connectivity index is 2.19. The smallest absolute Gasteiger partial charge is 0.325 e. The molecule has 1 aliphatic rings. The number of ketones is 1. The van der Waals surface area contributed by atoms with Crippen molar-refractivity contribution in [2.45, 2.75) is 6.92 Å². The molecule has 0 aliphatic heterocycles. The standard InChI is InChI=1S/C14H12BrNO5/c1-2-21-10(17)6-16-14(20)11-12(18)8-4-3-7(15)5-9(8)13(11)19/h3-5,19H,2,6H2,1H3,(H,16,20). The maximum Gasteiger partial charge on any atom is 0.325 e. The molecule has 0 unspecified atom stereocenters. The second-order valence-corrected chi connectivity index (χ2v) is 5.15. The Morgan fingerprint density at radius 3 is 2.71 bits per heavy atom. The number of carbonyl (C=O) groups is 3. The van der Waals surface area contributed by atoms with Crippen LogP contribution in [0.2, 0.25) is 0 Å². The van der Waals surface area contributed by atoms with Gasteiger partial charge in [0.15, 0.2) is 0 Å². The molecule has 0 fully saturated rings. The molecule has 2 rings (SSSR count). The van der Waals surface area contributed by atoms with E-state index in [9.17, 15) is 19.5 Å². The zero-order chi connectivity index (χ0) is 15.6. The lowest BCUT2D eigenvalue weighted by Crippen LogP contribution is -2.33. The number of Topliss-reactive ketones (excluding diaryl/α,β-unsaturated/α-hetero) is 1. The predicted molar refractivity (Wildman–Crippen MR) is 77.7 cm³/mol. The number of halogens is 1. The molecule has 1 aliphatic carbocycles. The molecule has 0 atom stereocenters. The van der Waals surface area contributed by atoms with E-state index >= 15 is 0 Å².